The van der Waals surface area contributed by atoms with Crippen molar-refractivity contribution in [2.75, 3.05) is 46.6 Å². The lowest BCUT2D eigenvalue weighted by Crippen LogP contribution is -2.53. The number of aromatic nitrogens is 2. The average molecular weight is 466 g/mol. The van der Waals surface area contributed by atoms with E-state index in [0.29, 0.717) is 31.7 Å². The smallest absolute Gasteiger partial charge is 0.406 e. The van der Waals surface area contributed by atoms with Crippen molar-refractivity contribution in [3.8, 4) is 0 Å². The van der Waals surface area contributed by atoms with E-state index < -0.39 is 12.3 Å². The number of morpholine rings is 1. The van der Waals surface area contributed by atoms with Crippen LogP contribution in [0.3, 0.4) is 0 Å². The lowest BCUT2D eigenvalue weighted by atomic mass is 9.99. The second-order valence-electron chi connectivity index (χ2n) is 9.26. The van der Waals surface area contributed by atoms with E-state index >= 15 is 0 Å². The topological polar surface area (TPSA) is 110 Å². The number of hydrogen-bond donors (Lipinski definition) is 3. The van der Waals surface area contributed by atoms with Gasteiger partial charge in [-0.1, -0.05) is 0 Å². The maximum Gasteiger partial charge on any atom is 0.406 e. The van der Waals surface area contributed by atoms with Gasteiger partial charge in [0.05, 0.1) is 25.5 Å². The molecule has 2 saturated heterocycles. The third-order valence-corrected chi connectivity index (χ3v) is 6.88. The van der Waals surface area contributed by atoms with Gasteiger partial charge < -0.3 is 34.5 Å². The van der Waals surface area contributed by atoms with Crippen LogP contribution < -0.4 is 10.6 Å². The van der Waals surface area contributed by atoms with Crippen LogP contribution in [0.1, 0.15) is 62.5 Å². The number of ether oxygens (including phenoxy) is 3. The molecule has 1 saturated carbocycles. The van der Waals surface area contributed by atoms with E-state index in [1.54, 1.807) is 0 Å². The normalized spacial score (nSPS) is 23.9. The Balaban J connectivity index is 1.49. The number of aryl methyl sites for hydroxylation is 1. The third-order valence-electron chi connectivity index (χ3n) is 6.88. The molecule has 3 atom stereocenters. The van der Waals surface area contributed by atoms with Crippen LogP contribution in [0.25, 0.3) is 0 Å². The molecular weight excluding hydrogens is 426 g/mol. The molecule has 1 amide bonds. The van der Waals surface area contributed by atoms with E-state index in [4.69, 9.17) is 14.5 Å². The summed E-state index contributed by atoms with van der Waals surface area (Å²) in [5.41, 5.74) is 0.979. The second-order valence-corrected chi connectivity index (χ2v) is 9.26. The Morgan fingerprint density at radius 1 is 1.36 bits per heavy atom. The fourth-order valence-electron chi connectivity index (χ4n) is 4.88. The Hall–Kier alpha value is -1.72. The van der Waals surface area contributed by atoms with Gasteiger partial charge in [-0.2, -0.15) is 0 Å². The van der Waals surface area contributed by atoms with Crippen LogP contribution in [0.4, 0.5) is 4.79 Å². The van der Waals surface area contributed by atoms with Crippen LogP contribution in [-0.4, -0.2) is 90.6 Å². The summed E-state index contributed by atoms with van der Waals surface area (Å²) in [6, 6.07) is 0.340. The molecule has 3 fully saturated rings. The SMILES string of the molecule is COC(=O)NCCCn1cc([C@@H](C)N(C2CC2)C(O)[C@H]2CNCCO2)nc1C1CCOCC1. The largest absolute Gasteiger partial charge is 0.453 e. The summed E-state index contributed by atoms with van der Waals surface area (Å²) in [4.78, 5) is 18.7. The summed E-state index contributed by atoms with van der Waals surface area (Å²) < 4.78 is 18.3. The minimum Gasteiger partial charge on any atom is -0.453 e. The number of nitrogens with zero attached hydrogens (tertiary/aromatic N) is 3. The zero-order valence-corrected chi connectivity index (χ0v) is 19.9. The van der Waals surface area contributed by atoms with Crippen molar-refractivity contribution in [1.82, 2.24) is 25.1 Å². The summed E-state index contributed by atoms with van der Waals surface area (Å²) in [5.74, 6) is 1.44. The molecule has 3 heterocycles. The highest BCUT2D eigenvalue weighted by Gasteiger charge is 2.41. The van der Waals surface area contributed by atoms with Gasteiger partial charge in [-0.3, -0.25) is 4.90 Å². The lowest BCUT2D eigenvalue weighted by molar-refractivity contribution is -0.135. The van der Waals surface area contributed by atoms with Crippen molar-refractivity contribution < 1.29 is 24.1 Å². The van der Waals surface area contributed by atoms with E-state index in [-0.39, 0.29) is 12.1 Å². The minimum atomic E-state index is -0.666. The average Bonchev–Trinajstić information content (AvgIpc) is 3.60. The number of carbonyl (C=O) groups excluding carboxylic acids is 1. The predicted octanol–water partition coefficient (Wildman–Crippen LogP) is 1.36. The van der Waals surface area contributed by atoms with Crippen LogP contribution in [0.15, 0.2) is 6.20 Å². The Labute approximate surface area is 196 Å². The first kappa shape index (κ1) is 24.4. The maximum absolute atomic E-state index is 11.4. The monoisotopic (exact) mass is 465 g/mol. The molecule has 3 N–H and O–H groups in total. The van der Waals surface area contributed by atoms with E-state index in [1.807, 2.05) is 0 Å². The number of amides is 1. The molecule has 2 aliphatic heterocycles. The Morgan fingerprint density at radius 3 is 2.82 bits per heavy atom. The van der Waals surface area contributed by atoms with Gasteiger partial charge in [-0.25, -0.2) is 9.78 Å². The molecule has 10 heteroatoms. The molecule has 1 unspecified atom stereocenters. The van der Waals surface area contributed by atoms with Crippen molar-refractivity contribution in [2.24, 2.45) is 0 Å². The highest BCUT2D eigenvalue weighted by atomic mass is 16.5. The molecule has 0 aromatic carbocycles. The van der Waals surface area contributed by atoms with Gasteiger partial charge in [0.1, 0.15) is 18.2 Å². The number of aliphatic hydroxyl groups is 1. The molecular formula is C23H39N5O5. The molecule has 0 spiro atoms. The number of nitrogens with one attached hydrogen (secondary N) is 2. The predicted molar refractivity (Wildman–Crippen MR) is 122 cm³/mol. The van der Waals surface area contributed by atoms with E-state index in [1.165, 1.54) is 7.11 Å². The summed E-state index contributed by atoms with van der Waals surface area (Å²) in [6.07, 6.45) is 5.71. The standard InChI is InChI=1S/C23H39N5O5/c1-16(28(18-4-5-18)22(29)20-14-24-9-13-33-20)19-15-27(10-3-8-25-23(30)31-2)21(26-19)17-6-11-32-12-7-17/h15-18,20,22,24,29H,3-14H2,1-2H3,(H,25,30)/t16-,20-,22?/m1/s1. The van der Waals surface area contributed by atoms with Gasteiger partial charge in [-0.05, 0) is 39.0 Å². The van der Waals surface area contributed by atoms with Crippen molar-refractivity contribution in [1.29, 1.82) is 0 Å². The molecule has 0 radical (unpaired) electrons. The van der Waals surface area contributed by atoms with Gasteiger partial charge in [-0.15, -0.1) is 0 Å². The first-order chi connectivity index (χ1) is 16.1. The van der Waals surface area contributed by atoms with Crippen LogP contribution in [0.5, 0.6) is 0 Å². The van der Waals surface area contributed by atoms with Crippen LogP contribution in [-0.2, 0) is 20.8 Å². The zero-order valence-electron chi connectivity index (χ0n) is 19.9. The van der Waals surface area contributed by atoms with E-state index in [9.17, 15) is 9.90 Å². The zero-order chi connectivity index (χ0) is 23.2. The van der Waals surface area contributed by atoms with Crippen molar-refractivity contribution >= 4 is 6.09 Å². The Bertz CT molecular complexity index is 758. The molecule has 1 aliphatic carbocycles. The molecule has 4 rings (SSSR count). The van der Waals surface area contributed by atoms with Crippen molar-refractivity contribution in [3.63, 3.8) is 0 Å². The van der Waals surface area contributed by atoms with Crippen molar-refractivity contribution in [3.05, 3.63) is 17.7 Å². The first-order valence-corrected chi connectivity index (χ1v) is 12.3. The number of hydrogen-bond acceptors (Lipinski definition) is 8. The summed E-state index contributed by atoms with van der Waals surface area (Å²) in [7, 11) is 1.37. The Kier molecular flexibility index (Phi) is 8.59. The first-order valence-electron chi connectivity index (χ1n) is 12.3. The molecule has 10 nitrogen and oxygen atoms in total. The van der Waals surface area contributed by atoms with Gasteiger partial charge in [0.2, 0.25) is 0 Å². The van der Waals surface area contributed by atoms with Crippen molar-refractivity contribution in [2.45, 2.75) is 75.9 Å². The molecule has 33 heavy (non-hydrogen) atoms. The van der Waals surface area contributed by atoms with Crippen LogP contribution >= 0.6 is 0 Å². The van der Waals surface area contributed by atoms with Crippen LogP contribution in [0, 0.1) is 0 Å². The second kappa shape index (κ2) is 11.6. The fraction of sp³-hybridized carbons (Fsp3) is 0.826. The van der Waals surface area contributed by atoms with Gasteiger partial charge >= 0.3 is 6.09 Å². The summed E-state index contributed by atoms with van der Waals surface area (Å²) in [6.45, 7) is 7.06. The molecule has 3 aliphatic rings. The minimum absolute atomic E-state index is 0.0222. The number of carbonyl (C=O) groups is 1. The number of alkyl carbamates (subject to hydrolysis) is 1. The third kappa shape index (κ3) is 6.24. The number of imidazole rings is 1. The van der Waals surface area contributed by atoms with E-state index in [0.717, 1.165) is 69.9 Å². The molecule has 1 aromatic heterocycles. The lowest BCUT2D eigenvalue weighted by Gasteiger charge is -2.38. The highest BCUT2D eigenvalue weighted by Crippen LogP contribution is 2.37. The molecule has 186 valence electrons. The quantitative estimate of drug-likeness (QED) is 0.351. The van der Waals surface area contributed by atoms with E-state index in [2.05, 4.69) is 38.0 Å². The highest BCUT2D eigenvalue weighted by molar-refractivity contribution is 5.66. The fourth-order valence-corrected chi connectivity index (χ4v) is 4.88. The molecule has 0 bridgehead atoms. The van der Waals surface area contributed by atoms with Gasteiger partial charge in [0.15, 0.2) is 0 Å². The van der Waals surface area contributed by atoms with Gasteiger partial charge in [0.25, 0.3) is 0 Å². The van der Waals surface area contributed by atoms with Gasteiger partial charge in [0, 0.05) is 57.5 Å². The Morgan fingerprint density at radius 2 is 2.15 bits per heavy atom. The maximum atomic E-state index is 11.4. The number of rotatable bonds is 10. The van der Waals surface area contributed by atoms with Crippen LogP contribution in [0.2, 0.25) is 0 Å². The number of methoxy groups -OCH3 is 1. The summed E-state index contributed by atoms with van der Waals surface area (Å²) in [5, 5.41) is 17.3. The summed E-state index contributed by atoms with van der Waals surface area (Å²) >= 11 is 0. The molecule has 1 aromatic rings. The number of aliphatic hydroxyl groups excluding tert-OH is 1.